The zero-order valence-electron chi connectivity index (χ0n) is 9.98. The SMILES string of the molecule is CCC(C)OS1(=O)=NS(=O)(F)=NS(=O)(=O)N1CC. The summed E-state index contributed by atoms with van der Waals surface area (Å²) in [4.78, 5) is 0. The molecule has 0 aromatic rings. The lowest BCUT2D eigenvalue weighted by molar-refractivity contribution is 0.226. The maximum atomic E-state index is 13.3. The van der Waals surface area contributed by atoms with Gasteiger partial charge < -0.3 is 0 Å². The number of nitrogens with zero attached hydrogens (tertiary/aromatic N) is 3. The van der Waals surface area contributed by atoms with Crippen molar-refractivity contribution in [1.82, 2.24) is 3.71 Å². The molecule has 0 N–H and O–H groups in total. The zero-order valence-corrected chi connectivity index (χ0v) is 12.4. The van der Waals surface area contributed by atoms with Crippen LogP contribution in [0.5, 0.6) is 0 Å². The minimum atomic E-state index is -4.92. The van der Waals surface area contributed by atoms with Crippen LogP contribution in [0, 0.1) is 0 Å². The molecule has 1 heterocycles. The van der Waals surface area contributed by atoms with Gasteiger partial charge in [0.05, 0.1) is 6.10 Å². The molecule has 1 aliphatic heterocycles. The van der Waals surface area contributed by atoms with Crippen LogP contribution in [-0.4, -0.2) is 33.2 Å². The highest BCUT2D eigenvalue weighted by Crippen LogP contribution is 2.26. The molecule has 0 aliphatic carbocycles. The van der Waals surface area contributed by atoms with E-state index in [4.69, 9.17) is 4.18 Å². The maximum absolute atomic E-state index is 13.3. The second kappa shape index (κ2) is 5.00. The summed E-state index contributed by atoms with van der Waals surface area (Å²) in [6, 6.07) is 0. The Morgan fingerprint density at radius 2 is 1.78 bits per heavy atom. The molecular weight excluding hydrogens is 309 g/mol. The van der Waals surface area contributed by atoms with E-state index in [0.717, 1.165) is 0 Å². The van der Waals surface area contributed by atoms with Gasteiger partial charge in [-0.2, -0.15) is 12.6 Å². The van der Waals surface area contributed by atoms with Gasteiger partial charge in [-0.05, 0) is 17.1 Å². The van der Waals surface area contributed by atoms with E-state index in [-0.39, 0.29) is 6.54 Å². The van der Waals surface area contributed by atoms with Gasteiger partial charge in [-0.25, -0.2) is 4.21 Å². The fourth-order valence-corrected chi connectivity index (χ4v) is 6.92. The monoisotopic (exact) mass is 323 g/mol. The van der Waals surface area contributed by atoms with Crippen LogP contribution in [0.25, 0.3) is 0 Å². The Balaban J connectivity index is 3.49. The minimum absolute atomic E-state index is 0.292. The first kappa shape index (κ1) is 15.8. The molecule has 1 aliphatic rings. The molecule has 18 heavy (non-hydrogen) atoms. The van der Waals surface area contributed by atoms with Crippen LogP contribution in [0.1, 0.15) is 27.2 Å². The van der Waals surface area contributed by atoms with Crippen molar-refractivity contribution in [2.45, 2.75) is 33.3 Å². The molecular formula is C6H14FN3O5S3. The van der Waals surface area contributed by atoms with Gasteiger partial charge in [0.25, 0.3) is 10.2 Å². The predicted octanol–water partition coefficient (Wildman–Crippen LogP) is 0.947. The molecule has 0 saturated heterocycles. The molecule has 0 amide bonds. The predicted molar refractivity (Wildman–Crippen MR) is 64.4 cm³/mol. The summed E-state index contributed by atoms with van der Waals surface area (Å²) < 4.78 is 70.2. The average Bonchev–Trinajstić information content (AvgIpc) is 2.12. The fraction of sp³-hybridized carbons (Fsp3) is 1.00. The Morgan fingerprint density at radius 1 is 1.22 bits per heavy atom. The quantitative estimate of drug-likeness (QED) is 0.716. The van der Waals surface area contributed by atoms with E-state index in [9.17, 15) is 20.7 Å². The first-order chi connectivity index (χ1) is 8.06. The lowest BCUT2D eigenvalue weighted by atomic mass is 10.3. The molecule has 12 heteroatoms. The van der Waals surface area contributed by atoms with E-state index in [1.165, 1.54) is 13.8 Å². The molecule has 0 aromatic carbocycles. The van der Waals surface area contributed by atoms with Crippen molar-refractivity contribution in [3.63, 3.8) is 0 Å². The normalized spacial score (nSPS) is 37.6. The average molecular weight is 323 g/mol. The summed E-state index contributed by atoms with van der Waals surface area (Å²) >= 11 is 0. The summed E-state index contributed by atoms with van der Waals surface area (Å²) in [5.41, 5.74) is 0. The zero-order chi connectivity index (χ0) is 14.2. The van der Waals surface area contributed by atoms with Gasteiger partial charge in [-0.3, -0.25) is 4.18 Å². The Hall–Kier alpha value is -0.300. The highest BCUT2D eigenvalue weighted by atomic mass is 32.3. The van der Waals surface area contributed by atoms with Crippen molar-refractivity contribution in [2.75, 3.05) is 6.54 Å². The fourth-order valence-electron chi connectivity index (χ4n) is 1.11. The van der Waals surface area contributed by atoms with Gasteiger partial charge in [-0.1, -0.05) is 21.3 Å². The first-order valence-corrected chi connectivity index (χ1v) is 9.20. The van der Waals surface area contributed by atoms with E-state index in [1.54, 1.807) is 6.92 Å². The summed E-state index contributed by atoms with van der Waals surface area (Å²) in [7, 11) is -13.6. The molecule has 0 saturated carbocycles. The van der Waals surface area contributed by atoms with Crippen LogP contribution in [0.4, 0.5) is 3.89 Å². The van der Waals surface area contributed by atoms with E-state index in [0.29, 0.717) is 10.1 Å². The second-order valence-electron chi connectivity index (χ2n) is 3.44. The molecule has 3 atom stereocenters. The van der Waals surface area contributed by atoms with E-state index in [2.05, 4.69) is 7.54 Å². The van der Waals surface area contributed by atoms with Crippen molar-refractivity contribution in [3.05, 3.63) is 0 Å². The van der Waals surface area contributed by atoms with Crippen molar-refractivity contribution < 1.29 is 24.9 Å². The summed E-state index contributed by atoms with van der Waals surface area (Å²) in [6.07, 6.45) is -0.242. The molecule has 0 fully saturated rings. The van der Waals surface area contributed by atoms with Gasteiger partial charge >= 0.3 is 20.5 Å². The topological polar surface area (TPSA) is 105 Å². The summed E-state index contributed by atoms with van der Waals surface area (Å²) in [5, 5.41) is 0. The van der Waals surface area contributed by atoms with E-state index >= 15 is 0 Å². The maximum Gasteiger partial charge on any atom is 0.347 e. The van der Waals surface area contributed by atoms with Crippen molar-refractivity contribution in [1.29, 1.82) is 0 Å². The molecule has 0 bridgehead atoms. The highest BCUT2D eigenvalue weighted by molar-refractivity contribution is 8.12. The molecule has 0 radical (unpaired) electrons. The third-order valence-corrected chi connectivity index (χ3v) is 8.24. The van der Waals surface area contributed by atoms with Crippen molar-refractivity contribution in [2.24, 2.45) is 7.54 Å². The first-order valence-electron chi connectivity index (χ1n) is 5.03. The van der Waals surface area contributed by atoms with Crippen LogP contribution < -0.4 is 0 Å². The summed E-state index contributed by atoms with van der Waals surface area (Å²) in [5.74, 6) is 0. The van der Waals surface area contributed by atoms with Crippen LogP contribution in [0.3, 0.4) is 0 Å². The Morgan fingerprint density at radius 3 is 2.22 bits per heavy atom. The van der Waals surface area contributed by atoms with Crippen LogP contribution in [0.15, 0.2) is 7.54 Å². The lowest BCUT2D eigenvalue weighted by Crippen LogP contribution is -2.40. The smallest absolute Gasteiger partial charge is 0.268 e. The van der Waals surface area contributed by atoms with Crippen molar-refractivity contribution >= 4 is 30.7 Å². The van der Waals surface area contributed by atoms with E-state index in [1.807, 2.05) is 0 Å². The third-order valence-electron chi connectivity index (χ3n) is 2.01. The standard InChI is InChI=1S/C6H14FN3O5S3/c1-4-6(3)15-18(14)9-16(7,11)8-17(12,13)10(18)5-2/h6H,4-5H2,1-3H3. The number of rotatable bonds is 4. The van der Waals surface area contributed by atoms with Gasteiger partial charge in [0.2, 0.25) is 0 Å². The molecule has 8 nitrogen and oxygen atoms in total. The Labute approximate surface area is 107 Å². The molecule has 3 unspecified atom stereocenters. The lowest BCUT2D eigenvalue weighted by Gasteiger charge is -2.25. The molecule has 0 spiro atoms. The van der Waals surface area contributed by atoms with Crippen molar-refractivity contribution in [3.8, 4) is 0 Å². The van der Waals surface area contributed by atoms with Gasteiger partial charge in [0.1, 0.15) is 0 Å². The van der Waals surface area contributed by atoms with Crippen LogP contribution in [-0.2, 0) is 34.9 Å². The van der Waals surface area contributed by atoms with Gasteiger partial charge in [0, 0.05) is 6.54 Å². The number of hydrogen-bond acceptors (Lipinski definition) is 5. The molecule has 108 valence electrons. The second-order valence-corrected chi connectivity index (χ2v) is 8.59. The van der Waals surface area contributed by atoms with Crippen LogP contribution >= 0.6 is 0 Å². The highest BCUT2D eigenvalue weighted by Gasteiger charge is 2.40. The largest absolute Gasteiger partial charge is 0.347 e. The third kappa shape index (κ3) is 3.17. The molecule has 0 aromatic heterocycles. The van der Waals surface area contributed by atoms with E-state index < -0.39 is 36.8 Å². The van der Waals surface area contributed by atoms with Gasteiger partial charge in [-0.15, -0.1) is 3.89 Å². The Kier molecular flexibility index (Phi) is 4.37. The minimum Gasteiger partial charge on any atom is -0.268 e. The summed E-state index contributed by atoms with van der Waals surface area (Å²) in [6.45, 7) is 4.26. The number of hydrogen-bond donors (Lipinski definition) is 0. The molecule has 1 rings (SSSR count). The van der Waals surface area contributed by atoms with Gasteiger partial charge in [0.15, 0.2) is 0 Å². The number of halogens is 1. The van der Waals surface area contributed by atoms with Crippen LogP contribution in [0.2, 0.25) is 0 Å². The Bertz CT molecular complexity index is 656.